The molecule has 1 N–H and O–H groups in total. The Hall–Kier alpha value is -0.850. The van der Waals surface area contributed by atoms with Gasteiger partial charge in [-0.25, -0.2) is 4.98 Å². The second kappa shape index (κ2) is 7.07. The lowest BCUT2D eigenvalue weighted by Crippen LogP contribution is -2.37. The van der Waals surface area contributed by atoms with Crippen LogP contribution in [0.2, 0.25) is 5.15 Å². The summed E-state index contributed by atoms with van der Waals surface area (Å²) in [6.07, 6.45) is 3.08. The van der Waals surface area contributed by atoms with Gasteiger partial charge in [0.1, 0.15) is 0 Å². The second-order valence-corrected chi connectivity index (χ2v) is 6.33. The lowest BCUT2D eigenvalue weighted by molar-refractivity contribution is 0.413. The minimum atomic E-state index is -3.59. The van der Waals surface area contributed by atoms with E-state index in [2.05, 4.69) is 9.71 Å². The van der Waals surface area contributed by atoms with Gasteiger partial charge in [-0.15, -0.1) is 0 Å². The van der Waals surface area contributed by atoms with Crippen molar-refractivity contribution in [2.75, 3.05) is 17.8 Å². The first-order chi connectivity index (χ1) is 8.92. The van der Waals surface area contributed by atoms with Crippen molar-refractivity contribution in [3.63, 3.8) is 0 Å². The van der Waals surface area contributed by atoms with Crippen molar-refractivity contribution >= 4 is 27.5 Å². The molecular formula is C12H20ClN3O2S. The zero-order valence-electron chi connectivity index (χ0n) is 11.5. The van der Waals surface area contributed by atoms with Gasteiger partial charge in [-0.05, 0) is 31.4 Å². The Morgan fingerprint density at radius 1 is 1.32 bits per heavy atom. The number of rotatable bonds is 7. The summed E-state index contributed by atoms with van der Waals surface area (Å²) in [6.45, 7) is 6.65. The molecule has 0 fully saturated rings. The fraction of sp³-hybridized carbons (Fsp3) is 0.583. The molecule has 0 atom stereocenters. The summed E-state index contributed by atoms with van der Waals surface area (Å²) in [6, 6.07) is 1.72. The van der Waals surface area contributed by atoms with Crippen molar-refractivity contribution in [1.29, 1.82) is 0 Å². The Balaban J connectivity index is 3.00. The molecule has 1 rings (SSSR count). The van der Waals surface area contributed by atoms with E-state index in [4.69, 9.17) is 11.6 Å². The van der Waals surface area contributed by atoms with Gasteiger partial charge in [0.25, 0.3) is 0 Å². The number of nitrogens with one attached hydrogen (secondary N) is 1. The van der Waals surface area contributed by atoms with Crippen LogP contribution >= 0.6 is 11.6 Å². The van der Waals surface area contributed by atoms with Crippen LogP contribution in [-0.4, -0.2) is 30.8 Å². The van der Waals surface area contributed by atoms with Crippen LogP contribution in [0.1, 0.15) is 32.3 Å². The molecule has 19 heavy (non-hydrogen) atoms. The number of pyridine rings is 1. The normalized spacial score (nSPS) is 11.8. The van der Waals surface area contributed by atoms with E-state index < -0.39 is 10.2 Å². The summed E-state index contributed by atoms with van der Waals surface area (Å²) in [5.74, 6) is 0. The highest BCUT2D eigenvalue weighted by atomic mass is 35.5. The number of halogens is 1. The van der Waals surface area contributed by atoms with Gasteiger partial charge >= 0.3 is 10.2 Å². The van der Waals surface area contributed by atoms with E-state index >= 15 is 0 Å². The minimum absolute atomic E-state index is 0.163. The molecule has 0 unspecified atom stereocenters. The molecule has 1 aromatic heterocycles. The maximum atomic E-state index is 12.3. The summed E-state index contributed by atoms with van der Waals surface area (Å²) in [4.78, 5) is 3.90. The first-order valence-corrected chi connectivity index (χ1v) is 8.13. The molecule has 5 nitrogen and oxygen atoms in total. The number of hydrogen-bond donors (Lipinski definition) is 1. The van der Waals surface area contributed by atoms with E-state index in [0.717, 1.165) is 18.4 Å². The highest BCUT2D eigenvalue weighted by Gasteiger charge is 2.22. The minimum Gasteiger partial charge on any atom is -0.268 e. The maximum absolute atomic E-state index is 12.3. The summed E-state index contributed by atoms with van der Waals surface area (Å²) in [5, 5.41) is 0.163. The molecule has 0 aromatic carbocycles. The van der Waals surface area contributed by atoms with Crippen molar-refractivity contribution in [1.82, 2.24) is 9.29 Å². The van der Waals surface area contributed by atoms with Gasteiger partial charge in [-0.3, -0.25) is 4.72 Å². The molecule has 7 heteroatoms. The van der Waals surface area contributed by atoms with Gasteiger partial charge in [-0.1, -0.05) is 25.4 Å². The SMILES string of the molecule is CCCN(CCC)S(=O)(=O)Nc1c(C)ccnc1Cl. The lowest BCUT2D eigenvalue weighted by atomic mass is 10.3. The van der Waals surface area contributed by atoms with Crippen LogP contribution in [-0.2, 0) is 10.2 Å². The molecule has 1 aromatic rings. The molecular weight excluding hydrogens is 286 g/mol. The van der Waals surface area contributed by atoms with Crippen LogP contribution in [0.4, 0.5) is 5.69 Å². The average molecular weight is 306 g/mol. The van der Waals surface area contributed by atoms with Gasteiger partial charge in [0.05, 0.1) is 5.69 Å². The summed E-state index contributed by atoms with van der Waals surface area (Å²) in [5.41, 5.74) is 1.10. The fourth-order valence-corrected chi connectivity index (χ4v) is 3.49. The Labute approximate surface area is 120 Å². The standard InChI is InChI=1S/C12H20ClN3O2S/c1-4-8-16(9-5-2)19(17,18)15-11-10(3)6-7-14-12(11)13/h6-7,15H,4-5,8-9H2,1-3H3. The number of aromatic nitrogens is 1. The Kier molecular flexibility index (Phi) is 6.03. The van der Waals surface area contributed by atoms with Crippen molar-refractivity contribution in [2.45, 2.75) is 33.6 Å². The molecule has 0 aliphatic rings. The van der Waals surface area contributed by atoms with Crippen LogP contribution in [0.5, 0.6) is 0 Å². The van der Waals surface area contributed by atoms with E-state index in [0.29, 0.717) is 18.8 Å². The van der Waals surface area contributed by atoms with E-state index in [-0.39, 0.29) is 5.15 Å². The third kappa shape index (κ3) is 4.33. The number of anilines is 1. The van der Waals surface area contributed by atoms with E-state index in [9.17, 15) is 8.42 Å². The molecule has 0 aliphatic heterocycles. The largest absolute Gasteiger partial charge is 0.301 e. The summed E-state index contributed by atoms with van der Waals surface area (Å²) in [7, 11) is -3.59. The predicted molar refractivity (Wildman–Crippen MR) is 78.7 cm³/mol. The maximum Gasteiger partial charge on any atom is 0.301 e. The molecule has 0 saturated carbocycles. The van der Waals surface area contributed by atoms with Crippen LogP contribution < -0.4 is 4.72 Å². The second-order valence-electron chi connectivity index (χ2n) is 4.30. The van der Waals surface area contributed by atoms with Gasteiger partial charge in [0.2, 0.25) is 0 Å². The van der Waals surface area contributed by atoms with Crippen molar-refractivity contribution in [3.05, 3.63) is 23.0 Å². The number of aryl methyl sites for hydroxylation is 1. The van der Waals surface area contributed by atoms with Crippen LogP contribution in [0, 0.1) is 6.92 Å². The molecule has 0 radical (unpaired) electrons. The smallest absolute Gasteiger partial charge is 0.268 e. The van der Waals surface area contributed by atoms with Gasteiger partial charge in [0.15, 0.2) is 5.15 Å². The lowest BCUT2D eigenvalue weighted by Gasteiger charge is -2.22. The number of nitrogens with zero attached hydrogens (tertiary/aromatic N) is 2. The van der Waals surface area contributed by atoms with E-state index in [1.54, 1.807) is 19.2 Å². The van der Waals surface area contributed by atoms with E-state index in [1.807, 2.05) is 13.8 Å². The Bertz CT molecular complexity index is 493. The summed E-state index contributed by atoms with van der Waals surface area (Å²) < 4.78 is 28.6. The zero-order chi connectivity index (χ0) is 14.5. The Morgan fingerprint density at radius 3 is 2.37 bits per heavy atom. The molecule has 0 amide bonds. The first kappa shape index (κ1) is 16.2. The molecule has 1 heterocycles. The van der Waals surface area contributed by atoms with Crippen LogP contribution in [0.25, 0.3) is 0 Å². The Morgan fingerprint density at radius 2 is 1.89 bits per heavy atom. The third-order valence-corrected chi connectivity index (χ3v) is 4.42. The van der Waals surface area contributed by atoms with Crippen LogP contribution in [0.3, 0.4) is 0 Å². The van der Waals surface area contributed by atoms with Crippen LogP contribution in [0.15, 0.2) is 12.3 Å². The molecule has 0 aliphatic carbocycles. The topological polar surface area (TPSA) is 62.3 Å². The molecule has 108 valence electrons. The highest BCUT2D eigenvalue weighted by molar-refractivity contribution is 7.90. The van der Waals surface area contributed by atoms with Crippen molar-refractivity contribution < 1.29 is 8.42 Å². The number of hydrogen-bond acceptors (Lipinski definition) is 3. The fourth-order valence-electron chi connectivity index (χ4n) is 1.69. The third-order valence-electron chi connectivity index (χ3n) is 2.63. The summed E-state index contributed by atoms with van der Waals surface area (Å²) >= 11 is 5.94. The van der Waals surface area contributed by atoms with Crippen molar-refractivity contribution in [3.8, 4) is 0 Å². The van der Waals surface area contributed by atoms with E-state index in [1.165, 1.54) is 4.31 Å². The zero-order valence-corrected chi connectivity index (χ0v) is 13.1. The molecule has 0 bridgehead atoms. The highest BCUT2D eigenvalue weighted by Crippen LogP contribution is 2.24. The monoisotopic (exact) mass is 305 g/mol. The van der Waals surface area contributed by atoms with Gasteiger partial charge in [0, 0.05) is 19.3 Å². The van der Waals surface area contributed by atoms with Gasteiger partial charge < -0.3 is 0 Å². The molecule has 0 spiro atoms. The quantitative estimate of drug-likeness (QED) is 0.788. The first-order valence-electron chi connectivity index (χ1n) is 6.31. The van der Waals surface area contributed by atoms with Gasteiger partial charge in [-0.2, -0.15) is 12.7 Å². The molecule has 0 saturated heterocycles. The predicted octanol–water partition coefficient (Wildman–Crippen LogP) is 2.82. The van der Waals surface area contributed by atoms with Crippen molar-refractivity contribution in [2.24, 2.45) is 0 Å². The average Bonchev–Trinajstić information content (AvgIpc) is 2.34.